The second-order valence-corrected chi connectivity index (χ2v) is 10.1. The molecule has 1 atom stereocenters. The molecule has 0 amide bonds. The summed E-state index contributed by atoms with van der Waals surface area (Å²) in [5, 5.41) is 0. The molecule has 3 aromatic carbocycles. The number of methoxy groups -OCH3 is 2. The highest BCUT2D eigenvalue weighted by molar-refractivity contribution is 7.87. The predicted octanol–water partition coefficient (Wildman–Crippen LogP) is 4.44. The zero-order valence-electron chi connectivity index (χ0n) is 19.0. The molecule has 0 saturated heterocycles. The molecule has 0 bridgehead atoms. The van der Waals surface area contributed by atoms with Gasteiger partial charge < -0.3 is 13.7 Å². The molecule has 3 aromatic rings. The highest BCUT2D eigenvalue weighted by atomic mass is 32.2. The molecule has 5 rings (SSSR count). The van der Waals surface area contributed by atoms with Gasteiger partial charge in [0, 0.05) is 35.8 Å². The fraction of sp³-hybridized carbons (Fsp3) is 0.308. The van der Waals surface area contributed by atoms with Crippen LogP contribution in [0.3, 0.4) is 0 Å². The molecule has 33 heavy (non-hydrogen) atoms. The van der Waals surface area contributed by atoms with Gasteiger partial charge in [0.2, 0.25) is 0 Å². The van der Waals surface area contributed by atoms with Crippen LogP contribution in [-0.2, 0) is 29.5 Å². The van der Waals surface area contributed by atoms with Crippen molar-refractivity contribution in [3.63, 3.8) is 0 Å². The fourth-order valence-electron chi connectivity index (χ4n) is 4.98. The number of rotatable bonds is 5. The standard InChI is InChI=1S/C26H27NO5S/c1-17-7-9-19(10-8-17)33(28,29)32-25-12-11-24(31-3)20-13-14-27-16-21-18(15-22(27)26(20)25)5-4-6-23(21)30-2/h4-12,22H,13-16H2,1-3H3. The molecule has 2 aliphatic heterocycles. The van der Waals surface area contributed by atoms with Crippen molar-refractivity contribution < 1.29 is 22.1 Å². The summed E-state index contributed by atoms with van der Waals surface area (Å²) >= 11 is 0. The van der Waals surface area contributed by atoms with Crippen molar-refractivity contribution in [2.24, 2.45) is 0 Å². The van der Waals surface area contributed by atoms with E-state index >= 15 is 0 Å². The van der Waals surface area contributed by atoms with Crippen molar-refractivity contribution in [3.05, 3.63) is 82.4 Å². The topological polar surface area (TPSA) is 65.1 Å². The molecule has 0 aliphatic carbocycles. The van der Waals surface area contributed by atoms with Gasteiger partial charge in [-0.2, -0.15) is 8.42 Å². The normalized spacial score (nSPS) is 17.5. The van der Waals surface area contributed by atoms with Crippen LogP contribution in [0.15, 0.2) is 59.5 Å². The Bertz CT molecular complexity index is 1300. The second-order valence-electron chi connectivity index (χ2n) is 8.55. The SMILES string of the molecule is COc1cccc2c1CN1CCc3c(OC)ccc(OS(=O)(=O)c4ccc(C)cc4)c3C1C2. The van der Waals surface area contributed by atoms with E-state index in [-0.39, 0.29) is 10.9 Å². The fourth-order valence-corrected chi connectivity index (χ4v) is 5.93. The van der Waals surface area contributed by atoms with Crippen molar-refractivity contribution in [2.45, 2.75) is 37.2 Å². The van der Waals surface area contributed by atoms with Crippen LogP contribution in [0.25, 0.3) is 0 Å². The minimum Gasteiger partial charge on any atom is -0.496 e. The summed E-state index contributed by atoms with van der Waals surface area (Å²) in [6.07, 6.45) is 1.49. The van der Waals surface area contributed by atoms with E-state index < -0.39 is 10.1 Å². The molecule has 7 heteroatoms. The van der Waals surface area contributed by atoms with E-state index in [4.69, 9.17) is 13.7 Å². The van der Waals surface area contributed by atoms with Gasteiger partial charge in [0.25, 0.3) is 0 Å². The van der Waals surface area contributed by atoms with Gasteiger partial charge >= 0.3 is 10.1 Å². The third kappa shape index (κ3) is 3.85. The highest BCUT2D eigenvalue weighted by Crippen LogP contribution is 2.47. The lowest BCUT2D eigenvalue weighted by Crippen LogP contribution is -2.40. The van der Waals surface area contributed by atoms with Crippen molar-refractivity contribution in [3.8, 4) is 17.2 Å². The molecule has 0 saturated carbocycles. The van der Waals surface area contributed by atoms with Gasteiger partial charge in [-0.15, -0.1) is 0 Å². The van der Waals surface area contributed by atoms with E-state index in [0.717, 1.165) is 54.1 Å². The van der Waals surface area contributed by atoms with Crippen molar-refractivity contribution in [2.75, 3.05) is 20.8 Å². The third-order valence-electron chi connectivity index (χ3n) is 6.65. The molecule has 1 unspecified atom stereocenters. The molecule has 0 radical (unpaired) electrons. The van der Waals surface area contributed by atoms with Crippen LogP contribution in [0, 0.1) is 6.92 Å². The zero-order valence-corrected chi connectivity index (χ0v) is 19.8. The smallest absolute Gasteiger partial charge is 0.339 e. The largest absolute Gasteiger partial charge is 0.496 e. The summed E-state index contributed by atoms with van der Waals surface area (Å²) in [7, 11) is -0.632. The maximum absolute atomic E-state index is 13.1. The monoisotopic (exact) mass is 465 g/mol. The van der Waals surface area contributed by atoms with Gasteiger partial charge in [0.1, 0.15) is 22.1 Å². The van der Waals surface area contributed by atoms with Crippen LogP contribution in [0.5, 0.6) is 17.2 Å². The number of ether oxygens (including phenoxy) is 2. The van der Waals surface area contributed by atoms with Gasteiger partial charge in [0.15, 0.2) is 0 Å². The van der Waals surface area contributed by atoms with Crippen LogP contribution in [-0.4, -0.2) is 34.1 Å². The van der Waals surface area contributed by atoms with Gasteiger partial charge in [0.05, 0.1) is 14.2 Å². The number of aryl methyl sites for hydroxylation is 1. The number of benzene rings is 3. The Morgan fingerprint density at radius 1 is 0.879 bits per heavy atom. The van der Waals surface area contributed by atoms with E-state index in [9.17, 15) is 8.42 Å². The van der Waals surface area contributed by atoms with Gasteiger partial charge in [-0.25, -0.2) is 0 Å². The molecule has 0 N–H and O–H groups in total. The van der Waals surface area contributed by atoms with Crippen LogP contribution < -0.4 is 13.7 Å². The quantitative estimate of drug-likeness (QED) is 0.519. The Balaban J connectivity index is 1.58. The Morgan fingerprint density at radius 3 is 2.30 bits per heavy atom. The van der Waals surface area contributed by atoms with E-state index in [1.807, 2.05) is 19.1 Å². The highest BCUT2D eigenvalue weighted by Gasteiger charge is 2.37. The molecule has 0 spiro atoms. The Hall–Kier alpha value is -3.03. The van der Waals surface area contributed by atoms with Crippen molar-refractivity contribution in [1.29, 1.82) is 0 Å². The van der Waals surface area contributed by atoms with Crippen LogP contribution in [0.4, 0.5) is 0 Å². The maximum Gasteiger partial charge on any atom is 0.339 e. The van der Waals surface area contributed by atoms with Gasteiger partial charge in [-0.1, -0.05) is 29.8 Å². The molecule has 0 fully saturated rings. The average molecular weight is 466 g/mol. The molecule has 6 nitrogen and oxygen atoms in total. The van der Waals surface area contributed by atoms with E-state index in [1.54, 1.807) is 50.6 Å². The zero-order chi connectivity index (χ0) is 23.2. The first-order chi connectivity index (χ1) is 15.9. The van der Waals surface area contributed by atoms with Crippen LogP contribution >= 0.6 is 0 Å². The summed E-state index contributed by atoms with van der Waals surface area (Å²) in [5.41, 5.74) is 5.30. The minimum absolute atomic E-state index is 0.00771. The Labute approximate surface area is 194 Å². The predicted molar refractivity (Wildman–Crippen MR) is 126 cm³/mol. The van der Waals surface area contributed by atoms with E-state index in [0.29, 0.717) is 5.75 Å². The summed E-state index contributed by atoms with van der Waals surface area (Å²) in [6.45, 7) is 3.51. The maximum atomic E-state index is 13.1. The van der Waals surface area contributed by atoms with Crippen molar-refractivity contribution in [1.82, 2.24) is 4.90 Å². The van der Waals surface area contributed by atoms with Gasteiger partial charge in [-0.05, 0) is 55.7 Å². The average Bonchev–Trinajstić information content (AvgIpc) is 2.82. The van der Waals surface area contributed by atoms with Crippen molar-refractivity contribution >= 4 is 10.1 Å². The molecule has 2 aliphatic rings. The van der Waals surface area contributed by atoms with Crippen LogP contribution in [0.2, 0.25) is 0 Å². The summed E-state index contributed by atoms with van der Waals surface area (Å²) < 4.78 is 43.2. The first-order valence-electron chi connectivity index (χ1n) is 11.0. The lowest BCUT2D eigenvalue weighted by molar-refractivity contribution is 0.155. The number of hydrogen-bond acceptors (Lipinski definition) is 6. The first-order valence-corrected chi connectivity index (χ1v) is 12.4. The van der Waals surface area contributed by atoms with E-state index in [1.165, 1.54) is 11.1 Å². The summed E-state index contributed by atoms with van der Waals surface area (Å²) in [4.78, 5) is 2.52. The minimum atomic E-state index is -3.97. The molecular weight excluding hydrogens is 438 g/mol. The van der Waals surface area contributed by atoms with Crippen LogP contribution in [0.1, 0.15) is 33.9 Å². The number of nitrogens with zero attached hydrogens (tertiary/aromatic N) is 1. The van der Waals surface area contributed by atoms with E-state index in [2.05, 4.69) is 11.0 Å². The molecule has 172 valence electrons. The first kappa shape index (κ1) is 21.8. The Kier molecular flexibility index (Phi) is 5.54. The summed E-state index contributed by atoms with van der Waals surface area (Å²) in [5.74, 6) is 2.02. The summed E-state index contributed by atoms with van der Waals surface area (Å²) in [6, 6.07) is 16.3. The number of hydrogen-bond donors (Lipinski definition) is 0. The lowest BCUT2D eigenvalue weighted by atomic mass is 9.83. The number of fused-ring (bicyclic) bond motifs is 4. The molecule has 2 heterocycles. The lowest BCUT2D eigenvalue weighted by Gasteiger charge is -2.42. The third-order valence-corrected chi connectivity index (χ3v) is 7.90. The molecular formula is C26H27NO5S. The second kappa shape index (κ2) is 8.39. The van der Waals surface area contributed by atoms with Gasteiger partial charge in [-0.3, -0.25) is 4.90 Å². The molecule has 0 aromatic heterocycles. The Morgan fingerprint density at radius 2 is 1.58 bits per heavy atom.